The van der Waals surface area contributed by atoms with Crippen molar-refractivity contribution in [3.05, 3.63) is 11.7 Å². The van der Waals surface area contributed by atoms with Gasteiger partial charge in [0.25, 0.3) is 0 Å². The van der Waals surface area contributed by atoms with Gasteiger partial charge in [-0.2, -0.15) is 4.98 Å². The zero-order valence-corrected chi connectivity index (χ0v) is 10.6. The molecule has 1 saturated carbocycles. The lowest BCUT2D eigenvalue weighted by Gasteiger charge is -2.07. The van der Waals surface area contributed by atoms with Crippen molar-refractivity contribution >= 4 is 5.91 Å². The Morgan fingerprint density at radius 3 is 3.00 bits per heavy atom. The van der Waals surface area contributed by atoms with Gasteiger partial charge in [-0.1, -0.05) is 18.0 Å². The Bertz CT molecular complexity index is 386. The van der Waals surface area contributed by atoms with Crippen LogP contribution in [0.1, 0.15) is 37.4 Å². The van der Waals surface area contributed by atoms with Crippen molar-refractivity contribution in [2.24, 2.45) is 5.92 Å². The zero-order chi connectivity index (χ0) is 12.8. The summed E-state index contributed by atoms with van der Waals surface area (Å²) in [7, 11) is 1.62. The number of carbonyl (C=O) groups is 1. The lowest BCUT2D eigenvalue weighted by atomic mass is 10.1. The Kier molecular flexibility index (Phi) is 4.69. The highest BCUT2D eigenvalue weighted by atomic mass is 16.5. The van der Waals surface area contributed by atoms with Gasteiger partial charge in [0.15, 0.2) is 5.82 Å². The van der Waals surface area contributed by atoms with Crippen molar-refractivity contribution in [3.63, 3.8) is 0 Å². The maximum Gasteiger partial charge on any atom is 0.229 e. The topological polar surface area (TPSA) is 77.2 Å². The normalized spacial score (nSPS) is 16.1. The fraction of sp³-hybridized carbons (Fsp3) is 0.750. The number of aromatic nitrogens is 2. The fourth-order valence-electron chi connectivity index (χ4n) is 2.15. The molecule has 0 bridgehead atoms. The standard InChI is InChI=1S/C12H19N3O3/c1-17-7-6-11-14-10(15-18-11)8-13-12(16)9-4-2-3-5-9/h9H,2-8H2,1H3,(H,13,16). The van der Waals surface area contributed by atoms with E-state index in [2.05, 4.69) is 15.5 Å². The number of hydrogen-bond acceptors (Lipinski definition) is 5. The van der Waals surface area contributed by atoms with E-state index in [4.69, 9.17) is 9.26 Å². The first-order valence-electron chi connectivity index (χ1n) is 6.37. The van der Waals surface area contributed by atoms with E-state index in [1.807, 2.05) is 0 Å². The lowest BCUT2D eigenvalue weighted by Crippen LogP contribution is -2.29. The van der Waals surface area contributed by atoms with Crippen molar-refractivity contribution < 1.29 is 14.1 Å². The number of nitrogens with zero attached hydrogens (tertiary/aromatic N) is 2. The van der Waals surface area contributed by atoms with Crippen LogP contribution in [0.5, 0.6) is 0 Å². The number of amides is 1. The van der Waals surface area contributed by atoms with E-state index in [1.54, 1.807) is 7.11 Å². The van der Waals surface area contributed by atoms with Crippen molar-refractivity contribution in [2.75, 3.05) is 13.7 Å². The molecular weight excluding hydrogens is 234 g/mol. The molecule has 0 aromatic carbocycles. The summed E-state index contributed by atoms with van der Waals surface area (Å²) >= 11 is 0. The molecule has 6 nitrogen and oxygen atoms in total. The van der Waals surface area contributed by atoms with Gasteiger partial charge in [0.2, 0.25) is 11.8 Å². The SMILES string of the molecule is COCCc1nc(CNC(=O)C2CCCC2)no1. The summed E-state index contributed by atoms with van der Waals surface area (Å²) in [6.07, 6.45) is 4.90. The molecule has 1 aliphatic carbocycles. The second kappa shape index (κ2) is 6.49. The molecular formula is C12H19N3O3. The van der Waals surface area contributed by atoms with Crippen LogP contribution in [0.4, 0.5) is 0 Å². The summed E-state index contributed by atoms with van der Waals surface area (Å²) in [5.74, 6) is 1.34. The van der Waals surface area contributed by atoms with Gasteiger partial charge in [-0.05, 0) is 12.8 Å². The van der Waals surface area contributed by atoms with E-state index < -0.39 is 0 Å². The minimum atomic E-state index is 0.107. The smallest absolute Gasteiger partial charge is 0.229 e. The Hall–Kier alpha value is -1.43. The lowest BCUT2D eigenvalue weighted by molar-refractivity contribution is -0.125. The molecule has 1 heterocycles. The second-order valence-corrected chi connectivity index (χ2v) is 4.55. The number of nitrogens with one attached hydrogen (secondary N) is 1. The molecule has 1 aliphatic rings. The van der Waals surface area contributed by atoms with E-state index in [1.165, 1.54) is 0 Å². The first-order chi connectivity index (χ1) is 8.79. The predicted molar refractivity (Wildman–Crippen MR) is 63.7 cm³/mol. The van der Waals surface area contributed by atoms with E-state index in [9.17, 15) is 4.79 Å². The van der Waals surface area contributed by atoms with Crippen LogP contribution in [0.15, 0.2) is 4.52 Å². The molecule has 0 saturated heterocycles. The summed E-state index contributed by atoms with van der Waals surface area (Å²) in [4.78, 5) is 16.0. The Labute approximate surface area is 106 Å². The second-order valence-electron chi connectivity index (χ2n) is 4.55. The molecule has 6 heteroatoms. The Balaban J connectivity index is 1.75. The zero-order valence-electron chi connectivity index (χ0n) is 10.6. The molecule has 0 aliphatic heterocycles. The van der Waals surface area contributed by atoms with Crippen LogP contribution < -0.4 is 5.32 Å². The molecule has 1 aromatic heterocycles. The highest BCUT2D eigenvalue weighted by Gasteiger charge is 2.22. The third kappa shape index (κ3) is 3.53. The molecule has 1 aromatic rings. The van der Waals surface area contributed by atoms with Gasteiger partial charge in [0.05, 0.1) is 19.6 Å². The van der Waals surface area contributed by atoms with Crippen molar-refractivity contribution in [1.29, 1.82) is 0 Å². The number of carbonyl (C=O) groups excluding carboxylic acids is 1. The molecule has 2 rings (SSSR count). The number of methoxy groups -OCH3 is 1. The fourth-order valence-corrected chi connectivity index (χ4v) is 2.15. The maximum atomic E-state index is 11.8. The number of hydrogen-bond donors (Lipinski definition) is 1. The van der Waals surface area contributed by atoms with Gasteiger partial charge in [-0.15, -0.1) is 0 Å². The number of ether oxygens (including phenoxy) is 1. The third-order valence-electron chi connectivity index (χ3n) is 3.18. The van der Waals surface area contributed by atoms with Crippen LogP contribution in [0, 0.1) is 5.92 Å². The van der Waals surface area contributed by atoms with Crippen LogP contribution >= 0.6 is 0 Å². The van der Waals surface area contributed by atoms with Crippen LogP contribution in [0.2, 0.25) is 0 Å². The van der Waals surface area contributed by atoms with Gasteiger partial charge in [-0.3, -0.25) is 4.79 Å². The molecule has 0 spiro atoms. The van der Waals surface area contributed by atoms with Crippen molar-refractivity contribution in [1.82, 2.24) is 15.5 Å². The van der Waals surface area contributed by atoms with Gasteiger partial charge in [-0.25, -0.2) is 0 Å². The predicted octanol–water partition coefficient (Wildman–Crippen LogP) is 1.06. The van der Waals surface area contributed by atoms with E-state index in [0.717, 1.165) is 25.7 Å². The molecule has 0 unspecified atom stereocenters. The van der Waals surface area contributed by atoms with Gasteiger partial charge < -0.3 is 14.6 Å². The maximum absolute atomic E-state index is 11.8. The molecule has 1 amide bonds. The van der Waals surface area contributed by atoms with Crippen LogP contribution in [-0.4, -0.2) is 29.8 Å². The summed E-state index contributed by atoms with van der Waals surface area (Å²) in [5, 5.41) is 6.67. The van der Waals surface area contributed by atoms with Crippen molar-refractivity contribution in [2.45, 2.75) is 38.6 Å². The average Bonchev–Trinajstić information content (AvgIpc) is 3.04. The molecule has 0 radical (unpaired) electrons. The third-order valence-corrected chi connectivity index (χ3v) is 3.18. The molecule has 0 atom stereocenters. The van der Waals surface area contributed by atoms with Gasteiger partial charge in [0.1, 0.15) is 0 Å². The first kappa shape index (κ1) is 13.0. The van der Waals surface area contributed by atoms with Crippen LogP contribution in [-0.2, 0) is 22.5 Å². The highest BCUT2D eigenvalue weighted by molar-refractivity contribution is 5.78. The molecule has 18 heavy (non-hydrogen) atoms. The summed E-state index contributed by atoms with van der Waals surface area (Å²) < 4.78 is 9.96. The monoisotopic (exact) mass is 253 g/mol. The number of rotatable bonds is 6. The average molecular weight is 253 g/mol. The van der Waals surface area contributed by atoms with E-state index in [0.29, 0.717) is 31.3 Å². The molecule has 1 fully saturated rings. The van der Waals surface area contributed by atoms with Gasteiger partial charge >= 0.3 is 0 Å². The minimum absolute atomic E-state index is 0.107. The Morgan fingerprint density at radius 1 is 1.50 bits per heavy atom. The summed E-state index contributed by atoms with van der Waals surface area (Å²) in [6.45, 7) is 0.891. The van der Waals surface area contributed by atoms with E-state index in [-0.39, 0.29) is 11.8 Å². The summed E-state index contributed by atoms with van der Waals surface area (Å²) in [6, 6.07) is 0. The summed E-state index contributed by atoms with van der Waals surface area (Å²) in [5.41, 5.74) is 0. The van der Waals surface area contributed by atoms with Gasteiger partial charge in [0, 0.05) is 13.0 Å². The largest absolute Gasteiger partial charge is 0.384 e. The first-order valence-corrected chi connectivity index (χ1v) is 6.37. The highest BCUT2D eigenvalue weighted by Crippen LogP contribution is 2.24. The molecule has 1 N–H and O–H groups in total. The minimum Gasteiger partial charge on any atom is -0.384 e. The Morgan fingerprint density at radius 2 is 2.28 bits per heavy atom. The molecule has 100 valence electrons. The quantitative estimate of drug-likeness (QED) is 0.820. The van der Waals surface area contributed by atoms with Crippen LogP contribution in [0.25, 0.3) is 0 Å². The van der Waals surface area contributed by atoms with Crippen LogP contribution in [0.3, 0.4) is 0 Å². The van der Waals surface area contributed by atoms with Crippen molar-refractivity contribution in [3.8, 4) is 0 Å². The van der Waals surface area contributed by atoms with E-state index >= 15 is 0 Å².